The largest absolute Gasteiger partial charge is 0.493 e. The molecule has 3 rings (SSSR count). The van der Waals surface area contributed by atoms with E-state index in [0.29, 0.717) is 35.0 Å². The van der Waals surface area contributed by atoms with Gasteiger partial charge in [-0.25, -0.2) is 4.79 Å². The fourth-order valence-corrected chi connectivity index (χ4v) is 3.20. The summed E-state index contributed by atoms with van der Waals surface area (Å²) in [4.78, 5) is 39.0. The second-order valence-corrected chi connectivity index (χ2v) is 7.18. The van der Waals surface area contributed by atoms with Gasteiger partial charge in [0.05, 0.1) is 20.3 Å². The Hall–Kier alpha value is -4.07. The van der Waals surface area contributed by atoms with Gasteiger partial charge in [-0.2, -0.15) is 0 Å². The molecule has 1 aliphatic rings. The molecule has 0 spiro atoms. The molecular weight excluding hydrogens is 424 g/mol. The maximum absolute atomic E-state index is 13.1. The number of rotatable bonds is 10. The summed E-state index contributed by atoms with van der Waals surface area (Å²) >= 11 is 0. The van der Waals surface area contributed by atoms with Crippen LogP contribution in [0.2, 0.25) is 0 Å². The van der Waals surface area contributed by atoms with Crippen molar-refractivity contribution in [1.29, 1.82) is 0 Å². The van der Waals surface area contributed by atoms with E-state index < -0.39 is 17.8 Å². The van der Waals surface area contributed by atoms with E-state index >= 15 is 0 Å². The molecule has 8 heteroatoms. The SMILES string of the molecule is C=CCOc1ccccc1/C=C1/C(=O)NC(=O)N(Cc2ccc(OCCC)c(OC)c2)C1=O. The highest BCUT2D eigenvalue weighted by Gasteiger charge is 2.36. The van der Waals surface area contributed by atoms with Gasteiger partial charge >= 0.3 is 6.03 Å². The zero-order valence-corrected chi connectivity index (χ0v) is 18.6. The van der Waals surface area contributed by atoms with Gasteiger partial charge in [-0.3, -0.25) is 19.8 Å². The number of hydrogen-bond donors (Lipinski definition) is 1. The van der Waals surface area contributed by atoms with Crippen LogP contribution < -0.4 is 19.5 Å². The third kappa shape index (κ3) is 5.60. The first kappa shape index (κ1) is 23.6. The minimum Gasteiger partial charge on any atom is -0.493 e. The predicted octanol–water partition coefficient (Wildman–Crippen LogP) is 3.71. The molecule has 1 fully saturated rings. The normalized spacial score (nSPS) is 14.8. The number of amides is 4. The number of barbiturate groups is 1. The van der Waals surface area contributed by atoms with Gasteiger partial charge in [-0.15, -0.1) is 0 Å². The molecule has 8 nitrogen and oxygen atoms in total. The van der Waals surface area contributed by atoms with Crippen LogP contribution in [0.3, 0.4) is 0 Å². The van der Waals surface area contributed by atoms with Crippen molar-refractivity contribution in [2.24, 2.45) is 0 Å². The lowest BCUT2D eigenvalue weighted by atomic mass is 10.1. The number of hydrogen-bond acceptors (Lipinski definition) is 6. The van der Waals surface area contributed by atoms with Gasteiger partial charge in [-0.05, 0) is 36.3 Å². The lowest BCUT2D eigenvalue weighted by Gasteiger charge is -2.26. The first-order chi connectivity index (χ1) is 16.0. The number of nitrogens with one attached hydrogen (secondary N) is 1. The number of nitrogens with zero attached hydrogens (tertiary/aromatic N) is 1. The fraction of sp³-hybridized carbons (Fsp3) is 0.240. The minimum absolute atomic E-state index is 0.0473. The van der Waals surface area contributed by atoms with E-state index in [1.54, 1.807) is 48.5 Å². The van der Waals surface area contributed by atoms with Crippen molar-refractivity contribution >= 4 is 23.9 Å². The average Bonchev–Trinajstić information content (AvgIpc) is 2.82. The van der Waals surface area contributed by atoms with E-state index in [1.165, 1.54) is 13.2 Å². The molecule has 0 aromatic heterocycles. The number of carbonyl (C=O) groups is 3. The summed E-state index contributed by atoms with van der Waals surface area (Å²) in [5.41, 5.74) is 1.01. The fourth-order valence-electron chi connectivity index (χ4n) is 3.20. The highest BCUT2D eigenvalue weighted by Crippen LogP contribution is 2.29. The summed E-state index contributed by atoms with van der Waals surface area (Å²) in [5.74, 6) is 0.0879. The molecule has 0 saturated carbocycles. The zero-order valence-electron chi connectivity index (χ0n) is 18.6. The highest BCUT2D eigenvalue weighted by molar-refractivity contribution is 6.31. The number of para-hydroxylation sites is 1. The highest BCUT2D eigenvalue weighted by atomic mass is 16.5. The van der Waals surface area contributed by atoms with Gasteiger partial charge in [-0.1, -0.05) is 43.8 Å². The summed E-state index contributed by atoms with van der Waals surface area (Å²) < 4.78 is 16.6. The van der Waals surface area contributed by atoms with Crippen molar-refractivity contribution < 1.29 is 28.6 Å². The topological polar surface area (TPSA) is 94.2 Å². The van der Waals surface area contributed by atoms with Crippen LogP contribution in [0.15, 0.2) is 60.7 Å². The summed E-state index contributed by atoms with van der Waals surface area (Å²) in [7, 11) is 1.52. The molecule has 2 aromatic carbocycles. The van der Waals surface area contributed by atoms with Crippen molar-refractivity contribution in [2.45, 2.75) is 19.9 Å². The molecule has 0 atom stereocenters. The molecule has 0 bridgehead atoms. The predicted molar refractivity (Wildman–Crippen MR) is 123 cm³/mol. The van der Waals surface area contributed by atoms with Crippen LogP contribution in [0.4, 0.5) is 4.79 Å². The Morgan fingerprint density at radius 1 is 1.03 bits per heavy atom. The standard InChI is InChI=1S/C25H26N2O6/c1-4-12-32-20-9-7-6-8-18(20)15-19-23(28)26-25(30)27(24(19)29)16-17-10-11-21(33-13-5-2)22(14-17)31-3/h4,6-11,14-15H,1,5,12-13,16H2,2-3H3,(H,26,28,30)/b19-15-. The van der Waals surface area contributed by atoms with Gasteiger partial charge in [0.25, 0.3) is 11.8 Å². The van der Waals surface area contributed by atoms with Crippen LogP contribution in [-0.4, -0.2) is 43.1 Å². The van der Waals surface area contributed by atoms with Gasteiger partial charge in [0.15, 0.2) is 11.5 Å². The first-order valence-electron chi connectivity index (χ1n) is 10.5. The van der Waals surface area contributed by atoms with Crippen LogP contribution in [0, 0.1) is 0 Å². The average molecular weight is 450 g/mol. The smallest absolute Gasteiger partial charge is 0.331 e. The van der Waals surface area contributed by atoms with Crippen LogP contribution in [-0.2, 0) is 16.1 Å². The van der Waals surface area contributed by atoms with Crippen LogP contribution in [0.25, 0.3) is 6.08 Å². The Morgan fingerprint density at radius 2 is 1.82 bits per heavy atom. The molecule has 1 heterocycles. The maximum atomic E-state index is 13.1. The monoisotopic (exact) mass is 450 g/mol. The Kier molecular flexibility index (Phi) is 7.86. The van der Waals surface area contributed by atoms with E-state index in [0.717, 1.165) is 11.3 Å². The van der Waals surface area contributed by atoms with E-state index in [1.807, 2.05) is 6.92 Å². The molecule has 2 aromatic rings. The van der Waals surface area contributed by atoms with Crippen molar-refractivity contribution in [2.75, 3.05) is 20.3 Å². The number of methoxy groups -OCH3 is 1. The van der Waals surface area contributed by atoms with Gasteiger partial charge in [0, 0.05) is 5.56 Å². The van der Waals surface area contributed by atoms with Crippen LogP contribution in [0.5, 0.6) is 17.2 Å². The molecule has 1 aliphatic heterocycles. The maximum Gasteiger partial charge on any atom is 0.331 e. The molecule has 0 unspecified atom stereocenters. The minimum atomic E-state index is -0.788. The second kappa shape index (κ2) is 11.0. The summed E-state index contributed by atoms with van der Waals surface area (Å²) in [6.07, 6.45) is 3.85. The van der Waals surface area contributed by atoms with Crippen LogP contribution >= 0.6 is 0 Å². The van der Waals surface area contributed by atoms with E-state index in [-0.39, 0.29) is 18.7 Å². The Bertz CT molecular complexity index is 1090. The number of urea groups is 1. The van der Waals surface area contributed by atoms with Crippen molar-refractivity contribution in [1.82, 2.24) is 10.2 Å². The first-order valence-corrected chi connectivity index (χ1v) is 10.5. The third-order valence-corrected chi connectivity index (χ3v) is 4.79. The molecule has 0 aliphatic carbocycles. The Balaban J connectivity index is 1.87. The van der Waals surface area contributed by atoms with E-state index in [2.05, 4.69) is 11.9 Å². The quantitative estimate of drug-likeness (QED) is 0.337. The lowest BCUT2D eigenvalue weighted by molar-refractivity contribution is -0.130. The van der Waals surface area contributed by atoms with E-state index in [4.69, 9.17) is 14.2 Å². The molecular formula is C25H26N2O6. The molecule has 172 valence electrons. The molecule has 1 N–H and O–H groups in total. The molecule has 1 saturated heterocycles. The number of benzene rings is 2. The number of ether oxygens (including phenoxy) is 3. The second-order valence-electron chi connectivity index (χ2n) is 7.18. The Labute approximate surface area is 192 Å². The molecule has 0 radical (unpaired) electrons. The van der Waals surface area contributed by atoms with Gasteiger partial charge in [0.1, 0.15) is 17.9 Å². The van der Waals surface area contributed by atoms with Crippen molar-refractivity contribution in [3.63, 3.8) is 0 Å². The van der Waals surface area contributed by atoms with Gasteiger partial charge < -0.3 is 14.2 Å². The lowest BCUT2D eigenvalue weighted by Crippen LogP contribution is -2.53. The van der Waals surface area contributed by atoms with Crippen LogP contribution in [0.1, 0.15) is 24.5 Å². The summed E-state index contributed by atoms with van der Waals surface area (Å²) in [6.45, 7) is 6.37. The molecule has 33 heavy (non-hydrogen) atoms. The molecule has 4 amide bonds. The summed E-state index contributed by atoms with van der Waals surface area (Å²) in [6, 6.07) is 11.4. The van der Waals surface area contributed by atoms with Crippen molar-refractivity contribution in [3.05, 3.63) is 71.8 Å². The Morgan fingerprint density at radius 3 is 2.55 bits per heavy atom. The van der Waals surface area contributed by atoms with E-state index in [9.17, 15) is 14.4 Å². The third-order valence-electron chi connectivity index (χ3n) is 4.79. The zero-order chi connectivity index (χ0) is 23.8. The van der Waals surface area contributed by atoms with Gasteiger partial charge in [0.2, 0.25) is 0 Å². The van der Waals surface area contributed by atoms with Crippen molar-refractivity contribution in [3.8, 4) is 17.2 Å². The number of imide groups is 2. The summed E-state index contributed by atoms with van der Waals surface area (Å²) in [5, 5.41) is 2.23. The number of carbonyl (C=O) groups excluding carboxylic acids is 3.